The van der Waals surface area contributed by atoms with Crippen molar-refractivity contribution in [2.45, 2.75) is 33.1 Å². The molecule has 122 valence electrons. The number of benzene rings is 1. The number of guanidine groups is 1. The van der Waals surface area contributed by atoms with Crippen molar-refractivity contribution in [3.8, 4) is 0 Å². The number of hydrogen-bond acceptors (Lipinski definition) is 2. The molecule has 1 aromatic rings. The fourth-order valence-electron chi connectivity index (χ4n) is 2.80. The van der Waals surface area contributed by atoms with Gasteiger partial charge in [0.05, 0.1) is 0 Å². The van der Waals surface area contributed by atoms with Gasteiger partial charge in [-0.05, 0) is 37.8 Å². The standard InChI is InChI=1S/C18H30N4/c1-3-5-12-20-18(19-4-2)21-14-16-11-13-22(15-16)17-9-7-6-8-10-17/h6-10,16H,3-5,11-15H2,1-2H3,(H2,19,20,21). The molecule has 1 fully saturated rings. The molecule has 0 saturated carbocycles. The van der Waals surface area contributed by atoms with E-state index < -0.39 is 0 Å². The Morgan fingerprint density at radius 2 is 2.05 bits per heavy atom. The van der Waals surface area contributed by atoms with Crippen molar-refractivity contribution >= 4 is 11.6 Å². The summed E-state index contributed by atoms with van der Waals surface area (Å²) in [5.74, 6) is 1.62. The van der Waals surface area contributed by atoms with Crippen molar-refractivity contribution in [2.75, 3.05) is 37.6 Å². The molecule has 0 radical (unpaired) electrons. The number of hydrogen-bond donors (Lipinski definition) is 2. The summed E-state index contributed by atoms with van der Waals surface area (Å²) in [5.41, 5.74) is 1.34. The maximum atomic E-state index is 4.76. The molecule has 1 aromatic carbocycles. The van der Waals surface area contributed by atoms with Gasteiger partial charge in [-0.25, -0.2) is 0 Å². The van der Waals surface area contributed by atoms with Gasteiger partial charge in [-0.2, -0.15) is 0 Å². The van der Waals surface area contributed by atoms with Crippen LogP contribution in [0.5, 0.6) is 0 Å². The summed E-state index contributed by atoms with van der Waals surface area (Å²) >= 11 is 0. The monoisotopic (exact) mass is 302 g/mol. The molecule has 1 saturated heterocycles. The first-order valence-electron chi connectivity index (χ1n) is 8.65. The molecule has 2 rings (SSSR count). The van der Waals surface area contributed by atoms with Gasteiger partial charge in [-0.3, -0.25) is 4.99 Å². The van der Waals surface area contributed by atoms with E-state index in [0.29, 0.717) is 5.92 Å². The number of anilines is 1. The molecular formula is C18H30N4. The second-order valence-corrected chi connectivity index (χ2v) is 5.94. The minimum Gasteiger partial charge on any atom is -0.371 e. The Kier molecular flexibility index (Phi) is 7.07. The smallest absolute Gasteiger partial charge is 0.191 e. The number of nitrogens with zero attached hydrogens (tertiary/aromatic N) is 2. The molecule has 1 unspecified atom stereocenters. The Hall–Kier alpha value is -1.71. The van der Waals surface area contributed by atoms with Gasteiger partial charge in [0.2, 0.25) is 0 Å². The molecule has 0 amide bonds. The minimum absolute atomic E-state index is 0.654. The van der Waals surface area contributed by atoms with Crippen LogP contribution in [0.4, 0.5) is 5.69 Å². The highest BCUT2D eigenvalue weighted by molar-refractivity contribution is 5.79. The summed E-state index contributed by atoms with van der Waals surface area (Å²) in [6.45, 7) is 9.41. The summed E-state index contributed by atoms with van der Waals surface area (Å²) in [7, 11) is 0. The largest absolute Gasteiger partial charge is 0.371 e. The van der Waals surface area contributed by atoms with Crippen LogP contribution >= 0.6 is 0 Å². The van der Waals surface area contributed by atoms with E-state index in [1.165, 1.54) is 24.9 Å². The van der Waals surface area contributed by atoms with E-state index in [9.17, 15) is 0 Å². The lowest BCUT2D eigenvalue weighted by Crippen LogP contribution is -2.38. The zero-order chi connectivity index (χ0) is 15.6. The second-order valence-electron chi connectivity index (χ2n) is 5.94. The molecule has 1 aliphatic heterocycles. The third kappa shape index (κ3) is 5.24. The van der Waals surface area contributed by atoms with Crippen LogP contribution in [0.2, 0.25) is 0 Å². The molecule has 0 spiro atoms. The first-order valence-corrected chi connectivity index (χ1v) is 8.65. The molecule has 22 heavy (non-hydrogen) atoms. The normalized spacial score (nSPS) is 18.5. The fraction of sp³-hybridized carbons (Fsp3) is 0.611. The zero-order valence-corrected chi connectivity index (χ0v) is 14.0. The Bertz CT molecular complexity index is 444. The van der Waals surface area contributed by atoms with E-state index in [1.807, 2.05) is 0 Å². The number of aliphatic imine (C=N–C) groups is 1. The van der Waals surface area contributed by atoms with Crippen LogP contribution in [0.3, 0.4) is 0 Å². The molecule has 2 N–H and O–H groups in total. The van der Waals surface area contributed by atoms with Gasteiger partial charge in [0, 0.05) is 38.4 Å². The third-order valence-corrected chi connectivity index (χ3v) is 4.08. The van der Waals surface area contributed by atoms with Crippen molar-refractivity contribution in [3.63, 3.8) is 0 Å². The van der Waals surface area contributed by atoms with E-state index in [0.717, 1.165) is 38.7 Å². The Labute approximate surface area is 135 Å². The average molecular weight is 302 g/mol. The maximum Gasteiger partial charge on any atom is 0.191 e. The molecule has 1 atom stereocenters. The zero-order valence-electron chi connectivity index (χ0n) is 14.0. The van der Waals surface area contributed by atoms with Crippen LogP contribution in [0.25, 0.3) is 0 Å². The van der Waals surface area contributed by atoms with Crippen molar-refractivity contribution in [1.29, 1.82) is 0 Å². The van der Waals surface area contributed by atoms with Gasteiger partial charge in [-0.1, -0.05) is 31.5 Å². The van der Waals surface area contributed by atoms with E-state index >= 15 is 0 Å². The van der Waals surface area contributed by atoms with Crippen LogP contribution in [0.1, 0.15) is 33.1 Å². The van der Waals surface area contributed by atoms with Crippen LogP contribution < -0.4 is 15.5 Å². The summed E-state index contributed by atoms with van der Waals surface area (Å²) in [5, 5.41) is 6.75. The number of unbranched alkanes of at least 4 members (excludes halogenated alkanes) is 1. The topological polar surface area (TPSA) is 39.7 Å². The number of para-hydroxylation sites is 1. The quantitative estimate of drug-likeness (QED) is 0.462. The summed E-state index contributed by atoms with van der Waals surface area (Å²) in [6, 6.07) is 10.7. The highest BCUT2D eigenvalue weighted by Gasteiger charge is 2.22. The van der Waals surface area contributed by atoms with Crippen molar-refractivity contribution in [1.82, 2.24) is 10.6 Å². The SMILES string of the molecule is CCCCNC(=NCC1CCN(c2ccccc2)C1)NCC. The highest BCUT2D eigenvalue weighted by Crippen LogP contribution is 2.23. The predicted octanol–water partition coefficient (Wildman–Crippen LogP) is 2.87. The van der Waals surface area contributed by atoms with Crippen molar-refractivity contribution in [2.24, 2.45) is 10.9 Å². The van der Waals surface area contributed by atoms with Gasteiger partial charge in [0.15, 0.2) is 5.96 Å². The van der Waals surface area contributed by atoms with E-state index in [-0.39, 0.29) is 0 Å². The maximum absolute atomic E-state index is 4.76. The lowest BCUT2D eigenvalue weighted by atomic mass is 10.1. The summed E-state index contributed by atoms with van der Waals surface area (Å²) in [6.07, 6.45) is 3.63. The summed E-state index contributed by atoms with van der Waals surface area (Å²) < 4.78 is 0. The van der Waals surface area contributed by atoms with Crippen molar-refractivity contribution < 1.29 is 0 Å². The van der Waals surface area contributed by atoms with Gasteiger partial charge in [0.1, 0.15) is 0 Å². The molecule has 0 aliphatic carbocycles. The van der Waals surface area contributed by atoms with Crippen LogP contribution in [-0.2, 0) is 0 Å². The van der Waals surface area contributed by atoms with Gasteiger partial charge in [-0.15, -0.1) is 0 Å². The summed E-state index contributed by atoms with van der Waals surface area (Å²) in [4.78, 5) is 7.23. The number of rotatable bonds is 7. The predicted molar refractivity (Wildman–Crippen MR) is 95.7 cm³/mol. The molecule has 0 aromatic heterocycles. The Morgan fingerprint density at radius 3 is 2.77 bits per heavy atom. The van der Waals surface area contributed by atoms with E-state index in [2.05, 4.69) is 59.7 Å². The molecule has 1 aliphatic rings. The molecule has 4 heteroatoms. The van der Waals surface area contributed by atoms with Crippen LogP contribution in [0.15, 0.2) is 35.3 Å². The van der Waals surface area contributed by atoms with Gasteiger partial charge >= 0.3 is 0 Å². The van der Waals surface area contributed by atoms with Crippen molar-refractivity contribution in [3.05, 3.63) is 30.3 Å². The molecule has 1 heterocycles. The van der Waals surface area contributed by atoms with E-state index in [4.69, 9.17) is 4.99 Å². The minimum atomic E-state index is 0.654. The molecular weight excluding hydrogens is 272 g/mol. The second kappa shape index (κ2) is 9.34. The molecule has 4 nitrogen and oxygen atoms in total. The Morgan fingerprint density at radius 1 is 1.23 bits per heavy atom. The first-order chi connectivity index (χ1) is 10.8. The lowest BCUT2D eigenvalue weighted by Gasteiger charge is -2.18. The van der Waals surface area contributed by atoms with E-state index in [1.54, 1.807) is 0 Å². The fourth-order valence-corrected chi connectivity index (χ4v) is 2.80. The van der Waals surface area contributed by atoms with Gasteiger partial charge < -0.3 is 15.5 Å². The molecule has 0 bridgehead atoms. The highest BCUT2D eigenvalue weighted by atomic mass is 15.2. The van der Waals surface area contributed by atoms with Crippen LogP contribution in [-0.4, -0.2) is 38.7 Å². The third-order valence-electron chi connectivity index (χ3n) is 4.08. The average Bonchev–Trinajstić information content (AvgIpc) is 3.03. The van der Waals surface area contributed by atoms with Gasteiger partial charge in [0.25, 0.3) is 0 Å². The van der Waals surface area contributed by atoms with Crippen LogP contribution in [0, 0.1) is 5.92 Å². The first kappa shape index (κ1) is 16.7. The Balaban J connectivity index is 1.81. The lowest BCUT2D eigenvalue weighted by molar-refractivity contribution is 0.598. The number of nitrogens with one attached hydrogen (secondary N) is 2.